The van der Waals surface area contributed by atoms with E-state index in [2.05, 4.69) is 11.4 Å². The number of aromatic hydroxyl groups is 1. The maximum absolute atomic E-state index is 13.3. The summed E-state index contributed by atoms with van der Waals surface area (Å²) in [5, 5.41) is 16.5. The van der Waals surface area contributed by atoms with Crippen molar-refractivity contribution in [3.8, 4) is 17.4 Å². The molecule has 0 atom stereocenters. The molecular formula is C28H26FN3O3. The van der Waals surface area contributed by atoms with E-state index in [-0.39, 0.29) is 11.7 Å². The van der Waals surface area contributed by atoms with E-state index in [1.807, 2.05) is 37.5 Å². The molecule has 0 spiro atoms. The van der Waals surface area contributed by atoms with E-state index >= 15 is 0 Å². The fourth-order valence-electron chi connectivity index (χ4n) is 4.39. The van der Waals surface area contributed by atoms with Gasteiger partial charge in [-0.15, -0.1) is 0 Å². The van der Waals surface area contributed by atoms with Crippen LogP contribution in [0, 0.1) is 5.82 Å². The summed E-state index contributed by atoms with van der Waals surface area (Å²) in [6.45, 7) is 0.306. The minimum atomic E-state index is -0.257. The van der Waals surface area contributed by atoms with Gasteiger partial charge in [-0.25, -0.2) is 4.39 Å². The van der Waals surface area contributed by atoms with Gasteiger partial charge in [0, 0.05) is 37.3 Å². The predicted octanol–water partition coefficient (Wildman–Crippen LogP) is 5.79. The van der Waals surface area contributed by atoms with Gasteiger partial charge in [-0.05, 0) is 53.4 Å². The topological polar surface area (TPSA) is 68.5 Å². The zero-order chi connectivity index (χ0) is 24.5. The van der Waals surface area contributed by atoms with Crippen LogP contribution in [0.2, 0.25) is 0 Å². The van der Waals surface area contributed by atoms with Gasteiger partial charge in [0.25, 0.3) is 0 Å². The predicted molar refractivity (Wildman–Crippen MR) is 136 cm³/mol. The van der Waals surface area contributed by atoms with Crippen LogP contribution in [-0.4, -0.2) is 28.8 Å². The van der Waals surface area contributed by atoms with E-state index in [1.54, 1.807) is 37.1 Å². The van der Waals surface area contributed by atoms with Gasteiger partial charge in [0.2, 0.25) is 5.88 Å². The van der Waals surface area contributed by atoms with Gasteiger partial charge >= 0.3 is 0 Å². The first-order valence-corrected chi connectivity index (χ1v) is 11.3. The molecule has 2 heterocycles. The lowest BCUT2D eigenvalue weighted by atomic mass is 10.0. The average Bonchev–Trinajstić information content (AvgIpc) is 3.17. The molecule has 2 N–H and O–H groups in total. The monoisotopic (exact) mass is 471 g/mol. The van der Waals surface area contributed by atoms with Crippen LogP contribution >= 0.6 is 0 Å². The van der Waals surface area contributed by atoms with Crippen molar-refractivity contribution in [3.63, 3.8) is 0 Å². The molecule has 0 aliphatic carbocycles. The lowest BCUT2D eigenvalue weighted by molar-refractivity contribution is 0.311. The molecule has 0 fully saturated rings. The first-order chi connectivity index (χ1) is 17.0. The normalized spacial score (nSPS) is 11.2. The number of methoxy groups -OCH3 is 1. The first-order valence-electron chi connectivity index (χ1n) is 11.3. The summed E-state index contributed by atoms with van der Waals surface area (Å²) in [7, 11) is 5.27. The second-order valence-corrected chi connectivity index (χ2v) is 8.49. The lowest BCUT2D eigenvalue weighted by Gasteiger charge is -2.16. The molecule has 7 heteroatoms. The standard InChI is InChI=1S/C28H26FN3O3/c1-30-25-22-13-19(12-17-4-8-20(29)9-5-17)14-31-26(22)27(24-23(25)15-32(2)28(24)33)35-16-18-6-10-21(34-3)11-7-18/h4-11,13-15,30,33H,12,16H2,1-3H3. The number of pyridine rings is 1. The zero-order valence-corrected chi connectivity index (χ0v) is 19.8. The van der Waals surface area contributed by atoms with E-state index in [1.165, 1.54) is 12.1 Å². The number of fused-ring (bicyclic) bond motifs is 2. The lowest BCUT2D eigenvalue weighted by Crippen LogP contribution is -2.01. The third-order valence-corrected chi connectivity index (χ3v) is 6.19. The Morgan fingerprint density at radius 2 is 1.71 bits per heavy atom. The van der Waals surface area contributed by atoms with Crippen LogP contribution in [-0.2, 0) is 20.1 Å². The van der Waals surface area contributed by atoms with Gasteiger partial charge in [-0.1, -0.05) is 24.3 Å². The SMILES string of the molecule is CNc1c2cc(Cc3ccc(F)cc3)cnc2c(OCc2ccc(OC)cc2)c2c(O)n(C)cc12. The molecule has 6 nitrogen and oxygen atoms in total. The van der Waals surface area contributed by atoms with Crippen LogP contribution in [0.25, 0.3) is 21.7 Å². The highest BCUT2D eigenvalue weighted by Crippen LogP contribution is 2.45. The van der Waals surface area contributed by atoms with Crippen LogP contribution in [0.15, 0.2) is 67.0 Å². The average molecular weight is 472 g/mol. The number of aryl methyl sites for hydroxylation is 1. The summed E-state index contributed by atoms with van der Waals surface area (Å²) in [5.41, 5.74) is 4.46. The molecule has 0 radical (unpaired) electrons. The molecular weight excluding hydrogens is 445 g/mol. The fraction of sp³-hybridized carbons (Fsp3) is 0.179. The largest absolute Gasteiger partial charge is 0.497 e. The Hall–Kier alpha value is -4.26. The van der Waals surface area contributed by atoms with E-state index < -0.39 is 0 Å². The first kappa shape index (κ1) is 22.5. The molecule has 0 unspecified atom stereocenters. The third-order valence-electron chi connectivity index (χ3n) is 6.19. The minimum Gasteiger partial charge on any atom is -0.497 e. The molecule has 0 aliphatic rings. The Labute approximate surface area is 202 Å². The number of anilines is 1. The maximum Gasteiger partial charge on any atom is 0.202 e. The number of halogens is 1. The summed E-state index contributed by atoms with van der Waals surface area (Å²) < 4.78 is 26.6. The molecule has 178 valence electrons. The number of ether oxygens (including phenoxy) is 2. The Kier molecular flexibility index (Phi) is 5.91. The number of nitrogens with one attached hydrogen (secondary N) is 1. The highest BCUT2D eigenvalue weighted by molar-refractivity contribution is 6.16. The summed E-state index contributed by atoms with van der Waals surface area (Å²) >= 11 is 0. The molecule has 0 saturated heterocycles. The van der Waals surface area contributed by atoms with Crippen LogP contribution in [0.4, 0.5) is 10.1 Å². The van der Waals surface area contributed by atoms with Crippen molar-refractivity contribution in [1.29, 1.82) is 0 Å². The molecule has 0 bridgehead atoms. The quantitative estimate of drug-likeness (QED) is 0.314. The number of hydrogen-bond acceptors (Lipinski definition) is 5. The van der Waals surface area contributed by atoms with E-state index in [0.29, 0.717) is 29.7 Å². The third kappa shape index (κ3) is 4.21. The van der Waals surface area contributed by atoms with Gasteiger partial charge in [0.15, 0.2) is 5.75 Å². The molecule has 3 aromatic carbocycles. The van der Waals surface area contributed by atoms with Crippen molar-refractivity contribution in [2.45, 2.75) is 13.0 Å². The molecule has 0 amide bonds. The number of rotatable bonds is 7. The maximum atomic E-state index is 13.3. The second-order valence-electron chi connectivity index (χ2n) is 8.49. The van der Waals surface area contributed by atoms with Crippen molar-refractivity contribution in [1.82, 2.24) is 9.55 Å². The summed E-state index contributed by atoms with van der Waals surface area (Å²) in [4.78, 5) is 4.76. The number of aromatic nitrogens is 2. The highest BCUT2D eigenvalue weighted by atomic mass is 19.1. The Morgan fingerprint density at radius 3 is 2.40 bits per heavy atom. The smallest absolute Gasteiger partial charge is 0.202 e. The van der Waals surface area contributed by atoms with Crippen molar-refractivity contribution in [3.05, 3.63) is 89.5 Å². The summed E-state index contributed by atoms with van der Waals surface area (Å²) in [5.74, 6) is 1.15. The van der Waals surface area contributed by atoms with E-state index in [9.17, 15) is 9.50 Å². The van der Waals surface area contributed by atoms with Crippen molar-refractivity contribution >= 4 is 27.4 Å². The summed E-state index contributed by atoms with van der Waals surface area (Å²) in [6.07, 6.45) is 4.30. The summed E-state index contributed by atoms with van der Waals surface area (Å²) in [6, 6.07) is 16.2. The van der Waals surface area contributed by atoms with Crippen LogP contribution < -0.4 is 14.8 Å². The van der Waals surface area contributed by atoms with Crippen LogP contribution in [0.3, 0.4) is 0 Å². The number of hydrogen-bond donors (Lipinski definition) is 2. The number of benzene rings is 3. The van der Waals surface area contributed by atoms with Crippen molar-refractivity contribution < 1.29 is 19.0 Å². The highest BCUT2D eigenvalue weighted by Gasteiger charge is 2.22. The van der Waals surface area contributed by atoms with Crippen LogP contribution in [0.5, 0.6) is 17.4 Å². The van der Waals surface area contributed by atoms with Crippen molar-refractivity contribution in [2.75, 3.05) is 19.5 Å². The fourth-order valence-corrected chi connectivity index (χ4v) is 4.39. The van der Waals surface area contributed by atoms with Gasteiger partial charge in [0.05, 0.1) is 18.2 Å². The van der Waals surface area contributed by atoms with E-state index in [0.717, 1.165) is 38.9 Å². The minimum absolute atomic E-state index is 0.111. The molecule has 2 aromatic heterocycles. The molecule has 5 rings (SSSR count). The van der Waals surface area contributed by atoms with Gasteiger partial charge < -0.3 is 24.5 Å². The van der Waals surface area contributed by atoms with Crippen molar-refractivity contribution in [2.24, 2.45) is 7.05 Å². The van der Waals surface area contributed by atoms with Gasteiger partial charge in [-0.2, -0.15) is 0 Å². The zero-order valence-electron chi connectivity index (χ0n) is 19.8. The molecule has 5 aromatic rings. The molecule has 0 aliphatic heterocycles. The molecule has 35 heavy (non-hydrogen) atoms. The van der Waals surface area contributed by atoms with Gasteiger partial charge in [0.1, 0.15) is 23.7 Å². The number of nitrogens with zero attached hydrogens (tertiary/aromatic N) is 2. The Morgan fingerprint density at radius 1 is 1.00 bits per heavy atom. The van der Waals surface area contributed by atoms with Gasteiger partial charge in [-0.3, -0.25) is 4.98 Å². The Balaban J connectivity index is 1.62. The second kappa shape index (κ2) is 9.18. The molecule has 0 saturated carbocycles. The Bertz CT molecular complexity index is 1510. The van der Waals surface area contributed by atoms with E-state index in [4.69, 9.17) is 14.5 Å². The van der Waals surface area contributed by atoms with Crippen LogP contribution in [0.1, 0.15) is 16.7 Å².